The van der Waals surface area contributed by atoms with Crippen LogP contribution < -0.4 is 10.6 Å². The van der Waals surface area contributed by atoms with Crippen LogP contribution >= 0.6 is 22.7 Å². The van der Waals surface area contributed by atoms with Crippen LogP contribution in [0.3, 0.4) is 0 Å². The van der Waals surface area contributed by atoms with Crippen molar-refractivity contribution >= 4 is 46.3 Å². The second-order valence-corrected chi connectivity index (χ2v) is 19.9. The molecule has 6 heterocycles. The Morgan fingerprint density at radius 2 is 0.871 bits per heavy atom. The summed E-state index contributed by atoms with van der Waals surface area (Å²) in [4.78, 5) is 70.6. The normalized spacial score (nSPS) is 16.5. The highest BCUT2D eigenvalue weighted by atomic mass is 32.1. The van der Waals surface area contributed by atoms with Gasteiger partial charge in [-0.25, -0.2) is 9.97 Å². The van der Waals surface area contributed by atoms with Gasteiger partial charge in [-0.3, -0.25) is 19.2 Å². The van der Waals surface area contributed by atoms with E-state index >= 15 is 0 Å². The average molecular weight is 967 g/mol. The smallest absolute Gasteiger partial charge is 0.250 e. The van der Waals surface area contributed by atoms with Crippen molar-refractivity contribution in [2.24, 2.45) is 0 Å². The van der Waals surface area contributed by atoms with Crippen molar-refractivity contribution in [3.63, 3.8) is 0 Å². The number of nitrogens with zero attached hydrogens (tertiary/aromatic N) is 6. The second kappa shape index (κ2) is 21.5. The third-order valence-corrected chi connectivity index (χ3v) is 15.6. The standard InChI is InChI=1S/C56H54N8O4S2/c65-49(27-35-61-29-7-8-30-61)59-51(43-13-3-1-4-14-43)55(67)63-33-11-17-45(63)53-57-37-47(69-53)41-23-19-39(20-24-41)40-21-25-42(26-22-40)48-38-58-54(70-48)46-18-12-34-64(46)56(68)52(44-15-5-2-6-16-44)60-50(66)28-36-62-31-9-10-32-62/h1-10,13-16,19-26,29-32,37-38,45-46,51-52H,11-12,17-18,27-28,33-36H2,(H,59,65)(H,60,66)/t45-,46-,51+,52+/m0/s1. The van der Waals surface area contributed by atoms with E-state index in [4.69, 9.17) is 9.97 Å². The van der Waals surface area contributed by atoms with E-state index in [9.17, 15) is 19.2 Å². The van der Waals surface area contributed by atoms with Crippen LogP contribution in [0.4, 0.5) is 0 Å². The van der Waals surface area contributed by atoms with Crippen molar-refractivity contribution in [3.05, 3.63) is 192 Å². The lowest BCUT2D eigenvalue weighted by Gasteiger charge is -2.28. The number of benzene rings is 4. The van der Waals surface area contributed by atoms with Gasteiger partial charge >= 0.3 is 0 Å². The predicted molar refractivity (Wildman–Crippen MR) is 274 cm³/mol. The summed E-state index contributed by atoms with van der Waals surface area (Å²) in [6.07, 6.45) is 15.4. The van der Waals surface area contributed by atoms with Gasteiger partial charge in [0.05, 0.1) is 21.8 Å². The molecule has 0 saturated carbocycles. The molecule has 10 rings (SSSR count). The van der Waals surface area contributed by atoms with Gasteiger partial charge in [0, 0.05) is 76.2 Å². The molecule has 4 atom stereocenters. The Kier molecular flexibility index (Phi) is 14.2. The average Bonchev–Trinajstić information content (AvgIpc) is 4.27. The molecule has 14 heteroatoms. The minimum absolute atomic E-state index is 0.117. The van der Waals surface area contributed by atoms with Gasteiger partial charge in [0.1, 0.15) is 22.1 Å². The molecular weight excluding hydrogens is 913 g/mol. The molecule has 0 unspecified atom stereocenters. The SMILES string of the molecule is O=C(CCn1cccc1)N[C@@H](C(=O)N1CCC[C@H]1c1ncc(-c2ccc(-c3ccc(-c4cnc([C@@H]5CCCN5C(=O)[C@H](NC(=O)CCn5cccc5)c5ccccc5)s4)cc3)cc2)s1)c1ccccc1. The molecule has 2 saturated heterocycles. The van der Waals surface area contributed by atoms with E-state index in [2.05, 4.69) is 59.2 Å². The summed E-state index contributed by atoms with van der Waals surface area (Å²) in [6.45, 7) is 2.28. The fourth-order valence-corrected chi connectivity index (χ4v) is 11.7. The first-order valence-electron chi connectivity index (χ1n) is 24.0. The van der Waals surface area contributed by atoms with Crippen molar-refractivity contribution < 1.29 is 19.2 Å². The van der Waals surface area contributed by atoms with Crippen LogP contribution in [0.2, 0.25) is 0 Å². The van der Waals surface area contributed by atoms with E-state index in [0.29, 0.717) is 26.2 Å². The van der Waals surface area contributed by atoms with Crippen LogP contribution in [0.15, 0.2) is 171 Å². The summed E-state index contributed by atoms with van der Waals surface area (Å²) in [5.41, 5.74) is 5.81. The van der Waals surface area contributed by atoms with E-state index in [-0.39, 0.29) is 48.6 Å². The van der Waals surface area contributed by atoms with E-state index in [1.54, 1.807) is 22.7 Å². The van der Waals surface area contributed by atoms with Crippen LogP contribution in [0, 0.1) is 0 Å². The number of aromatic nitrogens is 4. The molecule has 0 spiro atoms. The topological polar surface area (TPSA) is 134 Å². The molecule has 12 nitrogen and oxygen atoms in total. The summed E-state index contributed by atoms with van der Waals surface area (Å²) in [5, 5.41) is 7.89. The first-order valence-corrected chi connectivity index (χ1v) is 25.6. The zero-order valence-corrected chi connectivity index (χ0v) is 40.3. The monoisotopic (exact) mass is 966 g/mol. The van der Waals surface area contributed by atoms with E-state index in [1.165, 1.54) is 0 Å². The molecule has 4 aromatic carbocycles. The molecule has 4 amide bonds. The number of carbonyl (C=O) groups excluding carboxylic acids is 4. The molecule has 2 fully saturated rings. The van der Waals surface area contributed by atoms with Crippen LogP contribution in [-0.4, -0.2) is 65.6 Å². The summed E-state index contributed by atoms with van der Waals surface area (Å²) < 4.78 is 3.91. The summed E-state index contributed by atoms with van der Waals surface area (Å²) >= 11 is 3.22. The highest BCUT2D eigenvalue weighted by Crippen LogP contribution is 2.41. The van der Waals surface area contributed by atoms with Gasteiger partial charge in [0.15, 0.2) is 0 Å². The third-order valence-electron chi connectivity index (χ3n) is 13.3. The Labute approximate surface area is 415 Å². The van der Waals surface area contributed by atoms with Crippen molar-refractivity contribution in [1.29, 1.82) is 0 Å². The van der Waals surface area contributed by atoms with Gasteiger partial charge in [0.2, 0.25) is 23.6 Å². The lowest BCUT2D eigenvalue weighted by molar-refractivity contribution is -0.137. The molecule has 354 valence electrons. The van der Waals surface area contributed by atoms with E-state index in [1.807, 2.05) is 141 Å². The number of hydrogen-bond donors (Lipinski definition) is 2. The molecule has 0 bridgehead atoms. The van der Waals surface area contributed by atoms with Crippen molar-refractivity contribution in [2.75, 3.05) is 13.1 Å². The zero-order chi connectivity index (χ0) is 47.8. The number of rotatable bonds is 17. The maximum Gasteiger partial charge on any atom is 0.250 e. The molecule has 2 aliphatic rings. The zero-order valence-electron chi connectivity index (χ0n) is 38.7. The first kappa shape index (κ1) is 46.3. The van der Waals surface area contributed by atoms with Crippen molar-refractivity contribution in [3.8, 4) is 32.0 Å². The molecule has 4 aromatic heterocycles. The molecule has 0 aliphatic carbocycles. The van der Waals surface area contributed by atoms with Crippen molar-refractivity contribution in [2.45, 2.75) is 75.8 Å². The molecule has 2 aliphatic heterocycles. The number of thiazole rings is 2. The fraction of sp³-hybridized carbons (Fsp3) is 0.250. The third kappa shape index (κ3) is 10.6. The number of hydrogen-bond acceptors (Lipinski definition) is 8. The highest BCUT2D eigenvalue weighted by Gasteiger charge is 2.38. The Balaban J connectivity index is 0.778. The lowest BCUT2D eigenvalue weighted by Crippen LogP contribution is -2.42. The Hall–Kier alpha value is -7.42. The Morgan fingerprint density at radius 3 is 1.26 bits per heavy atom. The highest BCUT2D eigenvalue weighted by molar-refractivity contribution is 7.15. The van der Waals surface area contributed by atoms with Crippen LogP contribution in [-0.2, 0) is 32.3 Å². The maximum atomic E-state index is 14.3. The van der Waals surface area contributed by atoms with Gasteiger partial charge in [0.25, 0.3) is 0 Å². The fourth-order valence-electron chi connectivity index (χ4n) is 9.54. The lowest BCUT2D eigenvalue weighted by atomic mass is 10.0. The van der Waals surface area contributed by atoms with Gasteiger partial charge in [-0.15, -0.1) is 22.7 Å². The molecule has 0 radical (unpaired) electrons. The van der Waals surface area contributed by atoms with E-state index < -0.39 is 12.1 Å². The number of likely N-dealkylation sites (tertiary alicyclic amines) is 2. The van der Waals surface area contributed by atoms with E-state index in [0.717, 1.165) is 78.8 Å². The maximum absolute atomic E-state index is 14.3. The Morgan fingerprint density at radius 1 is 0.500 bits per heavy atom. The van der Waals surface area contributed by atoms with Crippen molar-refractivity contribution in [1.82, 2.24) is 39.5 Å². The number of nitrogens with one attached hydrogen (secondary N) is 2. The van der Waals surface area contributed by atoms with Gasteiger partial charge in [-0.05, 0) is 83.3 Å². The van der Waals surface area contributed by atoms with Gasteiger partial charge in [-0.2, -0.15) is 0 Å². The molecule has 70 heavy (non-hydrogen) atoms. The van der Waals surface area contributed by atoms with Crippen LogP contribution in [0.5, 0.6) is 0 Å². The minimum atomic E-state index is -0.785. The number of aryl methyl sites for hydroxylation is 2. The minimum Gasteiger partial charge on any atom is -0.354 e. The Bertz CT molecular complexity index is 2800. The first-order chi connectivity index (χ1) is 34.3. The number of amides is 4. The second-order valence-electron chi connectivity index (χ2n) is 17.8. The molecule has 8 aromatic rings. The summed E-state index contributed by atoms with van der Waals surface area (Å²) in [7, 11) is 0. The van der Waals surface area contributed by atoms with Crippen LogP contribution in [0.25, 0.3) is 32.0 Å². The van der Waals surface area contributed by atoms with Gasteiger partial charge < -0.3 is 29.6 Å². The number of carbonyl (C=O) groups is 4. The van der Waals surface area contributed by atoms with Gasteiger partial charge in [-0.1, -0.05) is 109 Å². The molecule has 2 N–H and O–H groups in total. The summed E-state index contributed by atoms with van der Waals surface area (Å²) in [6, 6.07) is 41.8. The largest absolute Gasteiger partial charge is 0.354 e. The quantitative estimate of drug-likeness (QED) is 0.0933. The molecular formula is C56H54N8O4S2. The van der Waals surface area contributed by atoms with Crippen LogP contribution in [0.1, 0.15) is 83.8 Å². The summed E-state index contributed by atoms with van der Waals surface area (Å²) in [5.74, 6) is -0.573. The predicted octanol–water partition coefficient (Wildman–Crippen LogP) is 10.4.